The van der Waals surface area contributed by atoms with E-state index in [0.717, 1.165) is 11.4 Å². The van der Waals surface area contributed by atoms with E-state index in [4.69, 9.17) is 16.3 Å². The number of rotatable bonds is 4. The number of halogens is 1. The fourth-order valence-corrected chi connectivity index (χ4v) is 1.18. The Morgan fingerprint density at radius 3 is 2.71 bits per heavy atom. The SMILES string of the molecule is CCOCc1cnc(C(C)C)nc1Cl. The second-order valence-corrected chi connectivity index (χ2v) is 3.69. The van der Waals surface area contributed by atoms with Crippen LogP contribution in [0, 0.1) is 0 Å². The highest BCUT2D eigenvalue weighted by molar-refractivity contribution is 6.30. The fraction of sp³-hybridized carbons (Fsp3) is 0.600. The van der Waals surface area contributed by atoms with Crippen LogP contribution in [-0.4, -0.2) is 16.6 Å². The molecule has 0 N–H and O–H groups in total. The molecule has 0 atom stereocenters. The van der Waals surface area contributed by atoms with Gasteiger partial charge in [0, 0.05) is 24.3 Å². The molecule has 0 aliphatic heterocycles. The highest BCUT2D eigenvalue weighted by Crippen LogP contribution is 2.16. The lowest BCUT2D eigenvalue weighted by molar-refractivity contribution is 0.133. The summed E-state index contributed by atoms with van der Waals surface area (Å²) < 4.78 is 5.24. The van der Waals surface area contributed by atoms with Crippen LogP contribution in [0.1, 0.15) is 38.1 Å². The maximum absolute atomic E-state index is 5.98. The highest BCUT2D eigenvalue weighted by atomic mass is 35.5. The van der Waals surface area contributed by atoms with Crippen molar-refractivity contribution in [3.63, 3.8) is 0 Å². The maximum atomic E-state index is 5.98. The van der Waals surface area contributed by atoms with Gasteiger partial charge in [-0.15, -0.1) is 0 Å². The van der Waals surface area contributed by atoms with Crippen molar-refractivity contribution in [2.45, 2.75) is 33.3 Å². The van der Waals surface area contributed by atoms with Gasteiger partial charge in [0.05, 0.1) is 6.61 Å². The van der Waals surface area contributed by atoms with Gasteiger partial charge in [-0.1, -0.05) is 25.4 Å². The third-order valence-corrected chi connectivity index (χ3v) is 2.14. The third-order valence-electron chi connectivity index (χ3n) is 1.81. The fourth-order valence-electron chi connectivity index (χ4n) is 0.986. The molecule has 0 saturated heterocycles. The summed E-state index contributed by atoms with van der Waals surface area (Å²) in [5, 5.41) is 0.497. The quantitative estimate of drug-likeness (QED) is 0.723. The molecule has 3 nitrogen and oxygen atoms in total. The zero-order valence-corrected chi connectivity index (χ0v) is 9.51. The zero-order valence-electron chi connectivity index (χ0n) is 8.75. The van der Waals surface area contributed by atoms with E-state index in [2.05, 4.69) is 9.97 Å². The molecular weight excluding hydrogens is 200 g/mol. The van der Waals surface area contributed by atoms with Crippen LogP contribution in [0.2, 0.25) is 5.15 Å². The lowest BCUT2D eigenvalue weighted by Gasteiger charge is -2.07. The van der Waals surface area contributed by atoms with E-state index in [1.54, 1.807) is 6.20 Å². The van der Waals surface area contributed by atoms with E-state index in [1.165, 1.54) is 0 Å². The Kier molecular flexibility index (Phi) is 4.29. The first-order valence-electron chi connectivity index (χ1n) is 4.74. The van der Waals surface area contributed by atoms with Gasteiger partial charge in [0.25, 0.3) is 0 Å². The number of aromatic nitrogens is 2. The molecule has 1 heterocycles. The second-order valence-electron chi connectivity index (χ2n) is 3.34. The summed E-state index contributed by atoms with van der Waals surface area (Å²) in [6, 6.07) is 0. The summed E-state index contributed by atoms with van der Waals surface area (Å²) in [6.45, 7) is 7.16. The van der Waals surface area contributed by atoms with Crippen molar-refractivity contribution in [2.75, 3.05) is 6.61 Å². The van der Waals surface area contributed by atoms with Gasteiger partial charge in [-0.05, 0) is 6.92 Å². The molecule has 0 bridgehead atoms. The van der Waals surface area contributed by atoms with Crippen LogP contribution >= 0.6 is 11.6 Å². The van der Waals surface area contributed by atoms with Crippen LogP contribution in [0.5, 0.6) is 0 Å². The lowest BCUT2D eigenvalue weighted by Crippen LogP contribution is -2.01. The Balaban J connectivity index is 2.79. The van der Waals surface area contributed by atoms with Crippen molar-refractivity contribution in [1.29, 1.82) is 0 Å². The first-order valence-corrected chi connectivity index (χ1v) is 5.12. The van der Waals surface area contributed by atoms with E-state index in [0.29, 0.717) is 24.3 Å². The minimum Gasteiger partial charge on any atom is -0.377 e. The molecular formula is C10H15ClN2O. The molecule has 1 aromatic heterocycles. The molecule has 0 amide bonds. The van der Waals surface area contributed by atoms with Gasteiger partial charge >= 0.3 is 0 Å². The summed E-state index contributed by atoms with van der Waals surface area (Å²) in [5.41, 5.74) is 0.845. The van der Waals surface area contributed by atoms with Crippen LogP contribution in [-0.2, 0) is 11.3 Å². The molecule has 0 radical (unpaired) electrons. The van der Waals surface area contributed by atoms with Gasteiger partial charge in [-0.3, -0.25) is 0 Å². The summed E-state index contributed by atoms with van der Waals surface area (Å²) in [7, 11) is 0. The Hall–Kier alpha value is -0.670. The summed E-state index contributed by atoms with van der Waals surface area (Å²) >= 11 is 5.98. The number of hydrogen-bond acceptors (Lipinski definition) is 3. The minimum absolute atomic E-state index is 0.300. The Labute approximate surface area is 89.5 Å². The van der Waals surface area contributed by atoms with Crippen LogP contribution in [0.3, 0.4) is 0 Å². The molecule has 0 aliphatic rings. The topological polar surface area (TPSA) is 35.0 Å². The second kappa shape index (κ2) is 5.27. The Morgan fingerprint density at radius 1 is 1.50 bits per heavy atom. The third kappa shape index (κ3) is 2.93. The molecule has 4 heteroatoms. The molecule has 0 aliphatic carbocycles. The predicted octanol–water partition coefficient (Wildman–Crippen LogP) is 2.79. The normalized spacial score (nSPS) is 10.9. The molecule has 78 valence electrons. The van der Waals surface area contributed by atoms with Crippen molar-refractivity contribution in [1.82, 2.24) is 9.97 Å². The van der Waals surface area contributed by atoms with Gasteiger partial charge in [-0.2, -0.15) is 0 Å². The van der Waals surface area contributed by atoms with Crippen LogP contribution in [0.15, 0.2) is 6.20 Å². The Morgan fingerprint density at radius 2 is 2.21 bits per heavy atom. The summed E-state index contributed by atoms with van der Waals surface area (Å²) in [6.07, 6.45) is 1.74. The van der Waals surface area contributed by atoms with Crippen LogP contribution in [0.4, 0.5) is 0 Å². The van der Waals surface area contributed by atoms with Crippen molar-refractivity contribution in [3.05, 3.63) is 22.7 Å². The van der Waals surface area contributed by atoms with Gasteiger partial charge in [0.15, 0.2) is 0 Å². The molecule has 1 rings (SSSR count). The minimum atomic E-state index is 0.300. The first kappa shape index (κ1) is 11.4. The van der Waals surface area contributed by atoms with Crippen molar-refractivity contribution in [3.8, 4) is 0 Å². The molecule has 0 unspecified atom stereocenters. The van der Waals surface area contributed by atoms with Gasteiger partial charge < -0.3 is 4.74 Å². The molecule has 0 aromatic carbocycles. The van der Waals surface area contributed by atoms with E-state index in [-0.39, 0.29) is 0 Å². The standard InChI is InChI=1S/C10H15ClN2O/c1-4-14-6-8-5-12-10(7(2)3)13-9(8)11/h5,7H,4,6H2,1-3H3. The molecule has 0 saturated carbocycles. The van der Waals surface area contributed by atoms with Gasteiger partial charge in [-0.25, -0.2) is 9.97 Å². The lowest BCUT2D eigenvalue weighted by atomic mass is 10.2. The van der Waals surface area contributed by atoms with E-state index >= 15 is 0 Å². The maximum Gasteiger partial charge on any atom is 0.138 e. The highest BCUT2D eigenvalue weighted by Gasteiger charge is 2.07. The Bertz CT molecular complexity index is 302. The van der Waals surface area contributed by atoms with Crippen molar-refractivity contribution in [2.24, 2.45) is 0 Å². The number of ether oxygens (including phenoxy) is 1. The van der Waals surface area contributed by atoms with Gasteiger partial charge in [0.1, 0.15) is 11.0 Å². The monoisotopic (exact) mass is 214 g/mol. The number of hydrogen-bond donors (Lipinski definition) is 0. The molecule has 0 fully saturated rings. The van der Waals surface area contributed by atoms with Crippen molar-refractivity contribution < 1.29 is 4.74 Å². The van der Waals surface area contributed by atoms with Crippen LogP contribution < -0.4 is 0 Å². The largest absolute Gasteiger partial charge is 0.377 e. The summed E-state index contributed by atoms with van der Waals surface area (Å²) in [5.74, 6) is 1.07. The van der Waals surface area contributed by atoms with Crippen LogP contribution in [0.25, 0.3) is 0 Å². The zero-order chi connectivity index (χ0) is 10.6. The molecule has 14 heavy (non-hydrogen) atoms. The van der Waals surface area contributed by atoms with E-state index in [9.17, 15) is 0 Å². The molecule has 1 aromatic rings. The summed E-state index contributed by atoms with van der Waals surface area (Å²) in [4.78, 5) is 8.42. The number of nitrogens with zero attached hydrogens (tertiary/aromatic N) is 2. The average Bonchev–Trinajstić information content (AvgIpc) is 2.15. The van der Waals surface area contributed by atoms with E-state index < -0.39 is 0 Å². The van der Waals surface area contributed by atoms with E-state index in [1.807, 2.05) is 20.8 Å². The smallest absolute Gasteiger partial charge is 0.138 e. The van der Waals surface area contributed by atoms with Gasteiger partial charge in [0.2, 0.25) is 0 Å². The first-order chi connectivity index (χ1) is 6.65. The van der Waals surface area contributed by atoms with Crippen molar-refractivity contribution >= 4 is 11.6 Å². The predicted molar refractivity (Wildman–Crippen MR) is 56.5 cm³/mol. The average molecular weight is 215 g/mol. The molecule has 0 spiro atoms.